The predicted octanol–water partition coefficient (Wildman–Crippen LogP) is 3.88. The Labute approximate surface area is 185 Å². The van der Waals surface area contributed by atoms with Gasteiger partial charge in [0, 0.05) is 17.8 Å². The summed E-state index contributed by atoms with van der Waals surface area (Å²) in [5.41, 5.74) is 5.49. The highest BCUT2D eigenvalue weighted by atomic mass is 16.5. The van der Waals surface area contributed by atoms with Crippen molar-refractivity contribution in [3.8, 4) is 17.2 Å². The molecule has 2 N–H and O–H groups in total. The molecule has 0 saturated heterocycles. The number of benzene rings is 2. The lowest BCUT2D eigenvalue weighted by molar-refractivity contribution is -0.139. The van der Waals surface area contributed by atoms with Gasteiger partial charge in [0.25, 0.3) is 0 Å². The number of pyridine rings is 1. The van der Waals surface area contributed by atoms with Crippen molar-refractivity contribution < 1.29 is 19.4 Å². The molecule has 0 fully saturated rings. The van der Waals surface area contributed by atoms with E-state index in [4.69, 9.17) is 10.00 Å². The lowest BCUT2D eigenvalue weighted by Gasteiger charge is -2.17. The van der Waals surface area contributed by atoms with Gasteiger partial charge in [-0.15, -0.1) is 0 Å². The number of fused-ring (bicyclic) bond motifs is 3. The van der Waals surface area contributed by atoms with Crippen molar-refractivity contribution in [3.05, 3.63) is 89.2 Å². The molecule has 1 amide bonds. The number of rotatable bonds is 7. The van der Waals surface area contributed by atoms with Crippen LogP contribution in [0.2, 0.25) is 0 Å². The Morgan fingerprint density at radius 2 is 1.72 bits per heavy atom. The second-order valence-corrected chi connectivity index (χ2v) is 7.55. The molecule has 1 heterocycles. The first-order chi connectivity index (χ1) is 15.6. The topological polar surface area (TPSA) is 112 Å². The predicted molar refractivity (Wildman–Crippen MR) is 117 cm³/mol. The summed E-state index contributed by atoms with van der Waals surface area (Å²) in [6.45, 7) is 0.114. The zero-order chi connectivity index (χ0) is 22.5. The number of aliphatic carboxylic acids is 1. The van der Waals surface area contributed by atoms with Gasteiger partial charge in [0.2, 0.25) is 0 Å². The molecular weight excluding hydrogens is 406 g/mol. The Morgan fingerprint density at radius 1 is 1.06 bits per heavy atom. The van der Waals surface area contributed by atoms with Crippen molar-refractivity contribution in [1.82, 2.24) is 10.3 Å². The second-order valence-electron chi connectivity index (χ2n) is 7.55. The Bertz CT molecular complexity index is 1140. The molecule has 1 aliphatic carbocycles. The average Bonchev–Trinajstić information content (AvgIpc) is 3.14. The second kappa shape index (κ2) is 9.31. The van der Waals surface area contributed by atoms with Gasteiger partial charge in [-0.25, -0.2) is 9.59 Å². The van der Waals surface area contributed by atoms with E-state index in [0.717, 1.165) is 22.3 Å². The molecule has 1 aromatic heterocycles. The monoisotopic (exact) mass is 427 g/mol. The lowest BCUT2D eigenvalue weighted by Crippen LogP contribution is -2.41. The maximum absolute atomic E-state index is 12.4. The SMILES string of the molecule is N#Cc1ccc(CC[C@H](NC(=O)OCC2c3ccccc3-c3ccccc32)C(=O)O)nc1. The maximum Gasteiger partial charge on any atom is 0.407 e. The van der Waals surface area contributed by atoms with Gasteiger partial charge >= 0.3 is 12.1 Å². The van der Waals surface area contributed by atoms with E-state index in [0.29, 0.717) is 17.7 Å². The van der Waals surface area contributed by atoms with Gasteiger partial charge in [-0.2, -0.15) is 5.26 Å². The zero-order valence-corrected chi connectivity index (χ0v) is 17.2. The Hall–Kier alpha value is -4.18. The van der Waals surface area contributed by atoms with Gasteiger partial charge in [0.1, 0.15) is 18.7 Å². The Kier molecular flexibility index (Phi) is 6.13. The summed E-state index contributed by atoms with van der Waals surface area (Å²) in [6, 6.07) is 20.2. The van der Waals surface area contributed by atoms with Crippen molar-refractivity contribution >= 4 is 12.1 Å². The van der Waals surface area contributed by atoms with Crippen LogP contribution in [0.1, 0.15) is 34.7 Å². The van der Waals surface area contributed by atoms with E-state index in [1.165, 1.54) is 6.20 Å². The van der Waals surface area contributed by atoms with Crippen LogP contribution in [-0.2, 0) is 16.0 Å². The maximum atomic E-state index is 12.4. The van der Waals surface area contributed by atoms with Crippen LogP contribution < -0.4 is 5.32 Å². The summed E-state index contributed by atoms with van der Waals surface area (Å²) < 4.78 is 5.44. The number of carbonyl (C=O) groups excluding carboxylic acids is 1. The highest BCUT2D eigenvalue weighted by Crippen LogP contribution is 2.44. The number of aromatic nitrogens is 1. The minimum absolute atomic E-state index is 0.0979. The van der Waals surface area contributed by atoms with Crippen LogP contribution in [0, 0.1) is 11.3 Å². The first-order valence-electron chi connectivity index (χ1n) is 10.3. The van der Waals surface area contributed by atoms with E-state index < -0.39 is 18.1 Å². The Morgan fingerprint density at radius 3 is 2.28 bits per heavy atom. The molecule has 0 bridgehead atoms. The molecule has 0 radical (unpaired) electrons. The molecule has 2 aromatic carbocycles. The number of alkyl carbamates (subject to hydrolysis) is 1. The van der Waals surface area contributed by atoms with E-state index in [9.17, 15) is 14.7 Å². The Balaban J connectivity index is 1.37. The third-order valence-electron chi connectivity index (χ3n) is 5.58. The zero-order valence-electron chi connectivity index (χ0n) is 17.2. The number of nitrogens with zero attached hydrogens (tertiary/aromatic N) is 2. The molecule has 1 atom stereocenters. The molecule has 0 aliphatic heterocycles. The van der Waals surface area contributed by atoms with E-state index in [2.05, 4.69) is 10.3 Å². The van der Waals surface area contributed by atoms with Gasteiger partial charge in [-0.05, 0) is 47.2 Å². The van der Waals surface area contributed by atoms with Crippen LogP contribution in [0.3, 0.4) is 0 Å². The molecule has 32 heavy (non-hydrogen) atoms. The number of nitrogens with one attached hydrogen (secondary N) is 1. The number of hydrogen-bond acceptors (Lipinski definition) is 5. The van der Waals surface area contributed by atoms with E-state index in [1.54, 1.807) is 12.1 Å². The quantitative estimate of drug-likeness (QED) is 0.592. The number of ether oxygens (including phenoxy) is 1. The summed E-state index contributed by atoms with van der Waals surface area (Å²) in [5, 5.41) is 20.8. The molecule has 4 rings (SSSR count). The van der Waals surface area contributed by atoms with E-state index in [1.807, 2.05) is 54.6 Å². The highest BCUT2D eigenvalue weighted by Gasteiger charge is 2.29. The first-order valence-corrected chi connectivity index (χ1v) is 10.3. The number of carboxylic acid groups (broad SMARTS) is 1. The molecule has 3 aromatic rings. The van der Waals surface area contributed by atoms with E-state index >= 15 is 0 Å². The van der Waals surface area contributed by atoms with Crippen LogP contribution in [-0.4, -0.2) is 34.8 Å². The van der Waals surface area contributed by atoms with Gasteiger partial charge in [-0.1, -0.05) is 48.5 Å². The number of aryl methyl sites for hydroxylation is 1. The molecular formula is C25H21N3O4. The van der Waals surface area contributed by atoms with Crippen molar-refractivity contribution in [2.24, 2.45) is 0 Å². The third-order valence-corrected chi connectivity index (χ3v) is 5.58. The van der Waals surface area contributed by atoms with Crippen LogP contribution in [0.4, 0.5) is 4.79 Å². The molecule has 7 nitrogen and oxygen atoms in total. The fourth-order valence-corrected chi connectivity index (χ4v) is 3.97. The lowest BCUT2D eigenvalue weighted by atomic mass is 9.98. The fraction of sp³-hybridized carbons (Fsp3) is 0.200. The molecule has 160 valence electrons. The van der Waals surface area contributed by atoms with Gasteiger partial charge < -0.3 is 15.2 Å². The molecule has 0 unspecified atom stereocenters. The average molecular weight is 427 g/mol. The van der Waals surface area contributed by atoms with E-state index in [-0.39, 0.29) is 18.9 Å². The summed E-state index contributed by atoms with van der Waals surface area (Å²) in [7, 11) is 0. The van der Waals surface area contributed by atoms with Crippen LogP contribution in [0.15, 0.2) is 66.9 Å². The summed E-state index contributed by atoms with van der Waals surface area (Å²) in [6.07, 6.45) is 1.15. The van der Waals surface area contributed by atoms with Crippen LogP contribution >= 0.6 is 0 Å². The van der Waals surface area contributed by atoms with Gasteiger partial charge in [0.15, 0.2) is 0 Å². The number of carboxylic acids is 1. The van der Waals surface area contributed by atoms with Crippen LogP contribution in [0.5, 0.6) is 0 Å². The normalized spacial score (nSPS) is 12.8. The molecule has 0 saturated carbocycles. The summed E-state index contributed by atoms with van der Waals surface area (Å²) in [4.78, 5) is 28.1. The van der Waals surface area contributed by atoms with Crippen molar-refractivity contribution in [2.45, 2.75) is 24.8 Å². The number of amides is 1. The van der Waals surface area contributed by atoms with Crippen molar-refractivity contribution in [2.75, 3.05) is 6.61 Å². The number of nitriles is 1. The summed E-state index contributed by atoms with van der Waals surface area (Å²) in [5.74, 6) is -1.24. The minimum atomic E-state index is -1.15. The standard InChI is InChI=1S/C25H21N3O4/c26-13-16-9-10-17(27-14-16)11-12-23(24(29)30)28-25(31)32-15-22-20-7-3-1-5-18(20)19-6-2-4-8-21(19)22/h1-10,14,22-23H,11-12,15H2,(H,28,31)(H,29,30)/t23-/m0/s1. The smallest absolute Gasteiger partial charge is 0.407 e. The van der Waals surface area contributed by atoms with Crippen molar-refractivity contribution in [1.29, 1.82) is 5.26 Å². The first kappa shape index (κ1) is 21.1. The number of carbonyl (C=O) groups is 2. The fourth-order valence-electron chi connectivity index (χ4n) is 3.97. The van der Waals surface area contributed by atoms with Crippen molar-refractivity contribution in [3.63, 3.8) is 0 Å². The number of hydrogen-bond donors (Lipinski definition) is 2. The van der Waals surface area contributed by atoms with Gasteiger partial charge in [0.05, 0.1) is 5.56 Å². The molecule has 1 aliphatic rings. The molecule has 0 spiro atoms. The minimum Gasteiger partial charge on any atom is -0.480 e. The van der Waals surface area contributed by atoms with Gasteiger partial charge in [-0.3, -0.25) is 4.98 Å². The van der Waals surface area contributed by atoms with Crippen LogP contribution in [0.25, 0.3) is 11.1 Å². The highest BCUT2D eigenvalue weighted by molar-refractivity contribution is 5.81. The molecule has 7 heteroatoms. The summed E-state index contributed by atoms with van der Waals surface area (Å²) >= 11 is 0. The third kappa shape index (κ3) is 4.44. The largest absolute Gasteiger partial charge is 0.480 e.